The molecule has 0 spiro atoms. The number of anilines is 1. The van der Waals surface area contributed by atoms with Crippen LogP contribution in [0.15, 0.2) is 0 Å². The van der Waals surface area contributed by atoms with Gasteiger partial charge in [0.25, 0.3) is 0 Å². The molecule has 1 aromatic rings. The quantitative estimate of drug-likeness (QED) is 0.716. The molecule has 140 valence electrons. The third-order valence-electron chi connectivity index (χ3n) is 3.83. The Bertz CT molecular complexity index is 629. The normalized spacial score (nSPS) is 20.4. The number of halogens is 3. The van der Waals surface area contributed by atoms with E-state index in [4.69, 9.17) is 9.90 Å². The predicted molar refractivity (Wildman–Crippen MR) is 85.4 cm³/mol. The average molecular weight is 380 g/mol. The molecular formula is C14H19F3N4O3S. The van der Waals surface area contributed by atoms with E-state index in [1.54, 1.807) is 11.3 Å². The molecule has 11 heteroatoms. The van der Waals surface area contributed by atoms with E-state index in [-0.39, 0.29) is 11.8 Å². The summed E-state index contributed by atoms with van der Waals surface area (Å²) in [5.41, 5.74) is 1.16. The second-order valence-electron chi connectivity index (χ2n) is 5.86. The van der Waals surface area contributed by atoms with Crippen molar-refractivity contribution in [1.29, 1.82) is 0 Å². The van der Waals surface area contributed by atoms with E-state index in [9.17, 15) is 18.0 Å². The number of likely N-dealkylation sites (N-methyl/N-ethyl adjacent to an activating group) is 1. The van der Waals surface area contributed by atoms with Gasteiger partial charge in [-0.25, -0.2) is 9.78 Å². The Balaban J connectivity index is 0.000000277. The standard InChI is InChI=1S/C12H18N4OS.C2HF3O2/c1-16-5-3-9-10(7-16)18-12(14-9)15-11(17)8-2-4-13-6-8;3-2(4,5)1(6)7/h8,13H,2-7H2,1H3,(H,14,15,17);(H,6,7)/t8-;/m0./s1. The molecule has 25 heavy (non-hydrogen) atoms. The Morgan fingerprint density at radius 2 is 2.12 bits per heavy atom. The molecule has 2 aliphatic rings. The fourth-order valence-electron chi connectivity index (χ4n) is 2.46. The third-order valence-corrected chi connectivity index (χ3v) is 4.82. The summed E-state index contributed by atoms with van der Waals surface area (Å²) < 4.78 is 31.7. The molecule has 0 bridgehead atoms. The zero-order valence-corrected chi connectivity index (χ0v) is 14.3. The number of amides is 1. The molecule has 7 nitrogen and oxygen atoms in total. The van der Waals surface area contributed by atoms with Gasteiger partial charge in [0.05, 0.1) is 11.6 Å². The van der Waals surface area contributed by atoms with Gasteiger partial charge in [-0.3, -0.25) is 4.79 Å². The van der Waals surface area contributed by atoms with Crippen LogP contribution in [-0.2, 0) is 22.6 Å². The van der Waals surface area contributed by atoms with Gasteiger partial charge in [0, 0.05) is 30.9 Å². The van der Waals surface area contributed by atoms with Crippen molar-refractivity contribution in [3.8, 4) is 0 Å². The van der Waals surface area contributed by atoms with E-state index >= 15 is 0 Å². The van der Waals surface area contributed by atoms with E-state index in [0.29, 0.717) is 0 Å². The summed E-state index contributed by atoms with van der Waals surface area (Å²) in [6.07, 6.45) is -3.16. The van der Waals surface area contributed by atoms with Crippen LogP contribution in [0.1, 0.15) is 17.0 Å². The number of carbonyl (C=O) groups excluding carboxylic acids is 1. The molecule has 0 radical (unpaired) electrons. The molecule has 0 saturated carbocycles. The highest BCUT2D eigenvalue weighted by Crippen LogP contribution is 2.28. The second kappa shape index (κ2) is 8.11. The molecule has 2 aliphatic heterocycles. The minimum absolute atomic E-state index is 0.105. The maximum Gasteiger partial charge on any atom is 0.490 e. The molecule has 0 aliphatic carbocycles. The lowest BCUT2D eigenvalue weighted by Gasteiger charge is -2.20. The Morgan fingerprint density at radius 3 is 2.68 bits per heavy atom. The van der Waals surface area contributed by atoms with Crippen molar-refractivity contribution in [2.24, 2.45) is 5.92 Å². The first-order chi connectivity index (χ1) is 11.7. The summed E-state index contributed by atoms with van der Waals surface area (Å²) in [6, 6.07) is 0. The summed E-state index contributed by atoms with van der Waals surface area (Å²) in [6.45, 7) is 3.74. The lowest BCUT2D eigenvalue weighted by molar-refractivity contribution is -0.192. The number of carboxylic acid groups (broad SMARTS) is 1. The minimum atomic E-state index is -5.08. The van der Waals surface area contributed by atoms with E-state index < -0.39 is 12.1 Å². The van der Waals surface area contributed by atoms with E-state index in [1.807, 2.05) is 0 Å². The van der Waals surface area contributed by atoms with Crippen molar-refractivity contribution in [2.45, 2.75) is 25.6 Å². The van der Waals surface area contributed by atoms with Crippen LogP contribution in [0.25, 0.3) is 0 Å². The van der Waals surface area contributed by atoms with Crippen molar-refractivity contribution in [3.05, 3.63) is 10.6 Å². The van der Waals surface area contributed by atoms with Crippen molar-refractivity contribution in [1.82, 2.24) is 15.2 Å². The zero-order chi connectivity index (χ0) is 18.6. The van der Waals surface area contributed by atoms with Gasteiger partial charge >= 0.3 is 12.1 Å². The van der Waals surface area contributed by atoms with Crippen molar-refractivity contribution >= 4 is 28.3 Å². The number of hydrogen-bond donors (Lipinski definition) is 3. The second-order valence-corrected chi connectivity index (χ2v) is 6.94. The van der Waals surface area contributed by atoms with Gasteiger partial charge in [0.2, 0.25) is 5.91 Å². The summed E-state index contributed by atoms with van der Waals surface area (Å²) in [5, 5.41) is 14.1. The van der Waals surface area contributed by atoms with E-state index in [2.05, 4.69) is 27.6 Å². The van der Waals surface area contributed by atoms with Gasteiger partial charge in [-0.2, -0.15) is 13.2 Å². The monoisotopic (exact) mass is 380 g/mol. The fraction of sp³-hybridized carbons (Fsp3) is 0.643. The highest BCUT2D eigenvalue weighted by Gasteiger charge is 2.38. The number of carbonyl (C=O) groups is 2. The minimum Gasteiger partial charge on any atom is -0.475 e. The summed E-state index contributed by atoms with van der Waals surface area (Å²) in [4.78, 5) is 29.0. The van der Waals surface area contributed by atoms with Crippen LogP contribution in [0.2, 0.25) is 0 Å². The number of thiazole rings is 1. The Kier molecular flexibility index (Phi) is 6.36. The number of carboxylic acids is 1. The number of nitrogens with one attached hydrogen (secondary N) is 2. The maximum absolute atomic E-state index is 12.0. The molecular weight excluding hydrogens is 361 g/mol. The first kappa shape index (κ1) is 19.6. The molecule has 1 aromatic heterocycles. The Labute approximate surface area is 146 Å². The molecule has 1 atom stereocenters. The number of nitrogens with zero attached hydrogens (tertiary/aromatic N) is 2. The average Bonchev–Trinajstić information content (AvgIpc) is 3.15. The Morgan fingerprint density at radius 1 is 1.44 bits per heavy atom. The number of rotatable bonds is 2. The summed E-state index contributed by atoms with van der Waals surface area (Å²) >= 11 is 1.62. The van der Waals surface area contributed by atoms with Crippen LogP contribution in [0.5, 0.6) is 0 Å². The SMILES string of the molecule is CN1CCc2nc(NC(=O)[C@H]3CCNC3)sc2C1.O=C(O)C(F)(F)F. The van der Waals surface area contributed by atoms with Gasteiger partial charge in [-0.05, 0) is 20.0 Å². The van der Waals surface area contributed by atoms with Gasteiger partial charge in [0.1, 0.15) is 0 Å². The van der Waals surface area contributed by atoms with Crippen LogP contribution >= 0.6 is 11.3 Å². The number of hydrogen-bond acceptors (Lipinski definition) is 6. The largest absolute Gasteiger partial charge is 0.490 e. The first-order valence-corrected chi connectivity index (χ1v) is 8.47. The van der Waals surface area contributed by atoms with Crippen LogP contribution < -0.4 is 10.6 Å². The van der Waals surface area contributed by atoms with Gasteiger partial charge < -0.3 is 20.6 Å². The maximum atomic E-state index is 12.0. The number of aliphatic carboxylic acids is 1. The van der Waals surface area contributed by atoms with Gasteiger partial charge in [-0.15, -0.1) is 11.3 Å². The summed E-state index contributed by atoms with van der Waals surface area (Å²) in [5.74, 6) is -2.54. The van der Waals surface area contributed by atoms with E-state index in [0.717, 1.165) is 49.8 Å². The third kappa shape index (κ3) is 5.65. The van der Waals surface area contributed by atoms with Crippen LogP contribution in [0.3, 0.4) is 0 Å². The molecule has 3 N–H and O–H groups in total. The lowest BCUT2D eigenvalue weighted by Crippen LogP contribution is -2.25. The lowest BCUT2D eigenvalue weighted by atomic mass is 10.1. The zero-order valence-electron chi connectivity index (χ0n) is 13.5. The van der Waals surface area contributed by atoms with Crippen LogP contribution in [0, 0.1) is 5.92 Å². The van der Waals surface area contributed by atoms with E-state index in [1.165, 1.54) is 4.88 Å². The number of fused-ring (bicyclic) bond motifs is 1. The number of aromatic nitrogens is 1. The molecule has 1 fully saturated rings. The summed E-state index contributed by atoms with van der Waals surface area (Å²) in [7, 11) is 2.12. The van der Waals surface area contributed by atoms with Crippen molar-refractivity contribution in [2.75, 3.05) is 32.0 Å². The first-order valence-electron chi connectivity index (χ1n) is 7.65. The molecule has 3 heterocycles. The molecule has 1 amide bonds. The number of alkyl halides is 3. The Hall–Kier alpha value is -1.72. The molecule has 3 rings (SSSR count). The fourth-order valence-corrected chi connectivity index (χ4v) is 3.55. The molecule has 0 aromatic carbocycles. The smallest absolute Gasteiger partial charge is 0.475 e. The topological polar surface area (TPSA) is 94.6 Å². The van der Waals surface area contributed by atoms with Crippen LogP contribution in [-0.4, -0.2) is 59.7 Å². The van der Waals surface area contributed by atoms with Gasteiger partial charge in [0.15, 0.2) is 5.13 Å². The molecule has 1 saturated heterocycles. The van der Waals surface area contributed by atoms with Crippen molar-refractivity contribution < 1.29 is 27.9 Å². The highest BCUT2D eigenvalue weighted by atomic mass is 32.1. The van der Waals surface area contributed by atoms with Gasteiger partial charge in [-0.1, -0.05) is 0 Å². The van der Waals surface area contributed by atoms with Crippen molar-refractivity contribution in [3.63, 3.8) is 0 Å². The molecule has 0 unspecified atom stereocenters. The van der Waals surface area contributed by atoms with Crippen LogP contribution in [0.4, 0.5) is 18.3 Å². The predicted octanol–water partition coefficient (Wildman–Crippen LogP) is 1.31. The highest BCUT2D eigenvalue weighted by molar-refractivity contribution is 7.15.